The Balaban J connectivity index is 2.30. The molecule has 0 amide bonds. The first-order chi connectivity index (χ1) is 6.26. The Bertz CT molecular complexity index is 204. The lowest BCUT2D eigenvalue weighted by Crippen LogP contribution is -2.32. The highest BCUT2D eigenvalue weighted by Gasteiger charge is 2.12. The largest absolute Gasteiger partial charge is 0.394 e. The van der Waals surface area contributed by atoms with E-state index in [1.807, 2.05) is 41.4 Å². The minimum Gasteiger partial charge on any atom is -0.394 e. The third-order valence-electron chi connectivity index (χ3n) is 1.81. The van der Waals surface area contributed by atoms with E-state index < -0.39 is 6.10 Å². The van der Waals surface area contributed by atoms with E-state index in [1.54, 1.807) is 0 Å². The van der Waals surface area contributed by atoms with Crippen molar-refractivity contribution in [2.75, 3.05) is 19.8 Å². The molecule has 0 aromatic carbocycles. The van der Waals surface area contributed by atoms with Crippen molar-refractivity contribution in [1.29, 1.82) is 0 Å². The molecular weight excluding hydrogens is 168 g/mol. The summed E-state index contributed by atoms with van der Waals surface area (Å²) in [6.45, 7) is 2.98. The van der Waals surface area contributed by atoms with Gasteiger partial charge < -0.3 is 20.0 Å². The lowest BCUT2D eigenvalue weighted by atomic mass is 10.3. The molecule has 0 saturated carbocycles. The van der Waals surface area contributed by atoms with Crippen LogP contribution in [0, 0.1) is 0 Å². The maximum atomic E-state index is 9.17. The number of aliphatic hydroxyl groups excluding tert-OH is 2. The number of hydrogen-bond acceptors (Lipinski definition) is 4. The highest BCUT2D eigenvalue weighted by atomic mass is 16.3. The van der Waals surface area contributed by atoms with Crippen LogP contribution in [-0.2, 0) is 0 Å². The Hall–Kier alpha value is -1.00. The average Bonchev–Trinajstić information content (AvgIpc) is 2.53. The van der Waals surface area contributed by atoms with Gasteiger partial charge in [-0.2, -0.15) is 0 Å². The highest BCUT2D eigenvalue weighted by molar-refractivity contribution is 4.97. The van der Waals surface area contributed by atoms with Crippen LogP contribution in [0.5, 0.6) is 0 Å². The molecule has 4 nitrogen and oxygen atoms in total. The molecule has 1 unspecified atom stereocenters. The average molecular weight is 184 g/mol. The van der Waals surface area contributed by atoms with Gasteiger partial charge in [0.25, 0.3) is 0 Å². The van der Waals surface area contributed by atoms with Crippen LogP contribution in [0.15, 0.2) is 24.7 Å². The van der Waals surface area contributed by atoms with E-state index in [0.717, 1.165) is 6.67 Å². The summed E-state index contributed by atoms with van der Waals surface area (Å²) in [5, 5.41) is 17.8. The zero-order valence-corrected chi connectivity index (χ0v) is 7.80. The summed E-state index contributed by atoms with van der Waals surface area (Å²) >= 11 is 0. The van der Waals surface area contributed by atoms with E-state index in [2.05, 4.69) is 0 Å². The van der Waals surface area contributed by atoms with Crippen LogP contribution in [0.4, 0.5) is 0 Å². The zero-order valence-electron chi connectivity index (χ0n) is 7.80. The fourth-order valence-corrected chi connectivity index (χ4v) is 1.22. The minimum atomic E-state index is -0.657. The van der Waals surface area contributed by atoms with Gasteiger partial charge >= 0.3 is 0 Å². The van der Waals surface area contributed by atoms with E-state index in [9.17, 15) is 5.11 Å². The fraction of sp³-hybridized carbons (Fsp3) is 0.556. The van der Waals surface area contributed by atoms with Crippen molar-refractivity contribution in [3.8, 4) is 0 Å². The summed E-state index contributed by atoms with van der Waals surface area (Å²) < 4.78 is 0. The molecule has 1 aliphatic heterocycles. The first kappa shape index (κ1) is 10.1. The normalized spacial score (nSPS) is 19.0. The molecular formula is C9H16N2O2. The summed E-state index contributed by atoms with van der Waals surface area (Å²) in [4.78, 5) is 3.95. The second-order valence-corrected chi connectivity index (χ2v) is 3.04. The number of nitrogens with zero attached hydrogens (tertiary/aromatic N) is 2. The maximum absolute atomic E-state index is 9.17. The summed E-state index contributed by atoms with van der Waals surface area (Å²) in [5.74, 6) is 0. The number of allylic oxidation sites excluding steroid dienone is 1. The van der Waals surface area contributed by atoms with Crippen molar-refractivity contribution in [2.24, 2.45) is 0 Å². The van der Waals surface area contributed by atoms with Crippen LogP contribution in [0.2, 0.25) is 0 Å². The SMILES string of the molecule is CC=CN1C=CN(CC(O)CO)C1. The summed E-state index contributed by atoms with van der Waals surface area (Å²) in [7, 11) is 0. The number of aliphatic hydroxyl groups is 2. The second-order valence-electron chi connectivity index (χ2n) is 3.04. The van der Waals surface area contributed by atoms with Gasteiger partial charge in [-0.05, 0) is 6.92 Å². The molecule has 13 heavy (non-hydrogen) atoms. The standard InChI is InChI=1S/C9H16N2O2/c1-2-3-10-4-5-11(8-10)6-9(13)7-12/h2-5,9,12-13H,6-8H2,1H3. The van der Waals surface area contributed by atoms with Crippen LogP contribution in [0.1, 0.15) is 6.92 Å². The third-order valence-corrected chi connectivity index (χ3v) is 1.81. The van der Waals surface area contributed by atoms with E-state index >= 15 is 0 Å². The number of hydrogen-bond donors (Lipinski definition) is 2. The van der Waals surface area contributed by atoms with Crippen LogP contribution in [0.25, 0.3) is 0 Å². The Kier molecular flexibility index (Phi) is 3.79. The quantitative estimate of drug-likeness (QED) is 0.641. The van der Waals surface area contributed by atoms with Gasteiger partial charge in [0, 0.05) is 25.1 Å². The Morgan fingerprint density at radius 2 is 2.31 bits per heavy atom. The Morgan fingerprint density at radius 3 is 2.92 bits per heavy atom. The lowest BCUT2D eigenvalue weighted by Gasteiger charge is -2.20. The van der Waals surface area contributed by atoms with Gasteiger partial charge in [-0.1, -0.05) is 6.08 Å². The molecule has 4 heteroatoms. The Morgan fingerprint density at radius 1 is 1.54 bits per heavy atom. The Labute approximate surface area is 78.4 Å². The van der Waals surface area contributed by atoms with E-state index in [1.165, 1.54) is 0 Å². The predicted molar refractivity (Wildman–Crippen MR) is 50.5 cm³/mol. The minimum absolute atomic E-state index is 0.187. The molecule has 0 saturated heterocycles. The first-order valence-electron chi connectivity index (χ1n) is 4.36. The van der Waals surface area contributed by atoms with E-state index in [-0.39, 0.29) is 6.61 Å². The van der Waals surface area contributed by atoms with Crippen molar-refractivity contribution < 1.29 is 10.2 Å². The molecule has 0 radical (unpaired) electrons. The smallest absolute Gasteiger partial charge is 0.0945 e. The molecule has 74 valence electrons. The summed E-state index contributed by atoms with van der Waals surface area (Å²) in [5.41, 5.74) is 0. The molecule has 1 aliphatic rings. The summed E-state index contributed by atoms with van der Waals surface area (Å²) in [6, 6.07) is 0. The van der Waals surface area contributed by atoms with Crippen LogP contribution in [0.3, 0.4) is 0 Å². The van der Waals surface area contributed by atoms with Gasteiger partial charge in [-0.3, -0.25) is 0 Å². The molecule has 0 spiro atoms. The monoisotopic (exact) mass is 184 g/mol. The van der Waals surface area contributed by atoms with Gasteiger partial charge in [0.05, 0.1) is 19.4 Å². The highest BCUT2D eigenvalue weighted by Crippen LogP contribution is 2.07. The molecule has 1 rings (SSSR count). The van der Waals surface area contributed by atoms with E-state index in [4.69, 9.17) is 5.11 Å². The van der Waals surface area contributed by atoms with Gasteiger partial charge in [0.2, 0.25) is 0 Å². The van der Waals surface area contributed by atoms with Crippen molar-refractivity contribution in [3.63, 3.8) is 0 Å². The van der Waals surface area contributed by atoms with Crippen LogP contribution in [-0.4, -0.2) is 45.9 Å². The molecule has 0 bridgehead atoms. The fourth-order valence-electron chi connectivity index (χ4n) is 1.22. The van der Waals surface area contributed by atoms with Crippen molar-refractivity contribution in [1.82, 2.24) is 9.80 Å². The molecule has 1 heterocycles. The molecule has 1 atom stereocenters. The van der Waals surface area contributed by atoms with Gasteiger partial charge in [-0.25, -0.2) is 0 Å². The summed E-state index contributed by atoms with van der Waals surface area (Å²) in [6.07, 6.45) is 7.09. The molecule has 2 N–H and O–H groups in total. The van der Waals surface area contributed by atoms with E-state index in [0.29, 0.717) is 6.54 Å². The van der Waals surface area contributed by atoms with Crippen molar-refractivity contribution in [3.05, 3.63) is 24.7 Å². The second kappa shape index (κ2) is 4.89. The third kappa shape index (κ3) is 3.08. The van der Waals surface area contributed by atoms with Crippen molar-refractivity contribution >= 4 is 0 Å². The van der Waals surface area contributed by atoms with Gasteiger partial charge in [0.15, 0.2) is 0 Å². The number of rotatable bonds is 4. The van der Waals surface area contributed by atoms with Crippen LogP contribution < -0.4 is 0 Å². The number of β-amino-alcohol motifs (C(OH)–C–C–N with tert-alkyl or cyclic N) is 1. The van der Waals surface area contributed by atoms with Gasteiger partial charge in [0.1, 0.15) is 0 Å². The first-order valence-corrected chi connectivity index (χ1v) is 4.36. The van der Waals surface area contributed by atoms with Crippen molar-refractivity contribution in [2.45, 2.75) is 13.0 Å². The predicted octanol–water partition coefficient (Wildman–Crippen LogP) is -0.0805. The zero-order chi connectivity index (χ0) is 9.68. The van der Waals surface area contributed by atoms with Gasteiger partial charge in [-0.15, -0.1) is 0 Å². The molecule has 0 aromatic heterocycles. The topological polar surface area (TPSA) is 46.9 Å². The molecule has 0 aromatic rings. The molecule has 0 aliphatic carbocycles. The lowest BCUT2D eigenvalue weighted by molar-refractivity contribution is 0.0691. The molecule has 0 fully saturated rings. The maximum Gasteiger partial charge on any atom is 0.0945 e. The van der Waals surface area contributed by atoms with Crippen LogP contribution >= 0.6 is 0 Å².